The SMILES string of the molecule is O=S(=O)(c1c[nH]c2ccccc12)N1CCNCC1. The molecule has 0 atom stereocenters. The molecule has 0 radical (unpaired) electrons. The van der Waals surface area contributed by atoms with Crippen LogP contribution in [-0.2, 0) is 10.0 Å². The zero-order valence-corrected chi connectivity index (χ0v) is 10.7. The van der Waals surface area contributed by atoms with Gasteiger partial charge in [-0.3, -0.25) is 0 Å². The van der Waals surface area contributed by atoms with Crippen molar-refractivity contribution in [1.82, 2.24) is 14.6 Å². The van der Waals surface area contributed by atoms with E-state index >= 15 is 0 Å². The zero-order valence-electron chi connectivity index (χ0n) is 9.89. The molecule has 2 N–H and O–H groups in total. The Kier molecular flexibility index (Phi) is 2.85. The standard InChI is InChI=1S/C12H15N3O2S/c16-18(17,15-7-5-13-6-8-15)12-9-14-11-4-2-1-3-10(11)12/h1-4,9,13-14H,5-8H2. The molecule has 0 amide bonds. The van der Waals surface area contributed by atoms with E-state index in [0.29, 0.717) is 31.1 Å². The third-order valence-electron chi connectivity index (χ3n) is 3.25. The molecule has 1 saturated heterocycles. The molecule has 0 saturated carbocycles. The summed E-state index contributed by atoms with van der Waals surface area (Å²) in [6.07, 6.45) is 1.59. The Morgan fingerprint density at radius 2 is 1.83 bits per heavy atom. The summed E-state index contributed by atoms with van der Waals surface area (Å²) in [7, 11) is -3.38. The predicted molar refractivity (Wildman–Crippen MR) is 69.9 cm³/mol. The number of aromatic amines is 1. The van der Waals surface area contributed by atoms with Crippen molar-refractivity contribution in [2.75, 3.05) is 26.2 Å². The van der Waals surface area contributed by atoms with Crippen molar-refractivity contribution in [2.45, 2.75) is 4.90 Å². The number of aromatic nitrogens is 1. The van der Waals surface area contributed by atoms with Gasteiger partial charge in [-0.05, 0) is 6.07 Å². The summed E-state index contributed by atoms with van der Waals surface area (Å²) >= 11 is 0. The van der Waals surface area contributed by atoms with E-state index in [1.807, 2.05) is 24.3 Å². The maximum Gasteiger partial charge on any atom is 0.245 e. The van der Waals surface area contributed by atoms with Gasteiger partial charge in [-0.25, -0.2) is 8.42 Å². The van der Waals surface area contributed by atoms with Gasteiger partial charge in [0.15, 0.2) is 0 Å². The van der Waals surface area contributed by atoms with Crippen LogP contribution in [0.4, 0.5) is 0 Å². The van der Waals surface area contributed by atoms with Gasteiger partial charge in [0, 0.05) is 43.3 Å². The Bertz CT molecular complexity index is 657. The van der Waals surface area contributed by atoms with Gasteiger partial charge < -0.3 is 10.3 Å². The Morgan fingerprint density at radius 1 is 1.11 bits per heavy atom. The number of nitrogens with one attached hydrogen (secondary N) is 2. The maximum atomic E-state index is 12.5. The van der Waals surface area contributed by atoms with Crippen molar-refractivity contribution in [3.8, 4) is 0 Å². The van der Waals surface area contributed by atoms with Crippen LogP contribution >= 0.6 is 0 Å². The van der Waals surface area contributed by atoms with E-state index in [0.717, 1.165) is 10.9 Å². The highest BCUT2D eigenvalue weighted by atomic mass is 32.2. The largest absolute Gasteiger partial charge is 0.360 e. The van der Waals surface area contributed by atoms with Crippen LogP contribution in [0.25, 0.3) is 10.9 Å². The molecule has 1 aliphatic heterocycles. The molecule has 1 fully saturated rings. The van der Waals surface area contributed by atoms with Gasteiger partial charge >= 0.3 is 0 Å². The molecule has 3 rings (SSSR count). The van der Waals surface area contributed by atoms with Gasteiger partial charge in [0.25, 0.3) is 0 Å². The number of hydrogen-bond donors (Lipinski definition) is 2. The van der Waals surface area contributed by atoms with Gasteiger partial charge in [0.2, 0.25) is 10.0 Å². The summed E-state index contributed by atoms with van der Waals surface area (Å²) in [5.41, 5.74) is 0.853. The lowest BCUT2D eigenvalue weighted by Crippen LogP contribution is -2.46. The molecule has 6 heteroatoms. The minimum Gasteiger partial charge on any atom is -0.360 e. The smallest absolute Gasteiger partial charge is 0.245 e. The van der Waals surface area contributed by atoms with Gasteiger partial charge in [0.1, 0.15) is 4.90 Å². The van der Waals surface area contributed by atoms with E-state index in [2.05, 4.69) is 10.3 Å². The van der Waals surface area contributed by atoms with E-state index in [1.165, 1.54) is 0 Å². The fourth-order valence-electron chi connectivity index (χ4n) is 2.28. The molecule has 0 aliphatic carbocycles. The summed E-state index contributed by atoms with van der Waals surface area (Å²) in [6, 6.07) is 7.46. The van der Waals surface area contributed by atoms with E-state index < -0.39 is 10.0 Å². The van der Waals surface area contributed by atoms with Crippen LogP contribution in [0.1, 0.15) is 0 Å². The van der Waals surface area contributed by atoms with Crippen molar-refractivity contribution >= 4 is 20.9 Å². The van der Waals surface area contributed by atoms with Crippen molar-refractivity contribution in [3.63, 3.8) is 0 Å². The molecule has 0 bridgehead atoms. The van der Waals surface area contributed by atoms with Gasteiger partial charge in [-0.1, -0.05) is 18.2 Å². The average molecular weight is 265 g/mol. The summed E-state index contributed by atoms with van der Waals surface area (Å²) in [5.74, 6) is 0. The number of nitrogens with zero attached hydrogens (tertiary/aromatic N) is 1. The first kappa shape index (κ1) is 11.7. The van der Waals surface area contributed by atoms with Crippen molar-refractivity contribution in [3.05, 3.63) is 30.5 Å². The first-order chi connectivity index (χ1) is 8.69. The minimum atomic E-state index is -3.38. The summed E-state index contributed by atoms with van der Waals surface area (Å²) in [5, 5.41) is 3.92. The zero-order chi connectivity index (χ0) is 12.6. The highest BCUT2D eigenvalue weighted by molar-refractivity contribution is 7.89. The summed E-state index contributed by atoms with van der Waals surface area (Å²) < 4.78 is 26.6. The van der Waals surface area contributed by atoms with Gasteiger partial charge in [0.05, 0.1) is 0 Å². The lowest BCUT2D eigenvalue weighted by Gasteiger charge is -2.26. The molecule has 2 heterocycles. The summed E-state index contributed by atoms with van der Waals surface area (Å²) in [4.78, 5) is 3.39. The Morgan fingerprint density at radius 3 is 2.61 bits per heavy atom. The van der Waals surface area contributed by atoms with Crippen LogP contribution in [0.3, 0.4) is 0 Å². The Labute approximate surface area is 106 Å². The number of H-pyrrole nitrogens is 1. The molecule has 1 aliphatic rings. The average Bonchev–Trinajstić information content (AvgIpc) is 2.84. The molecule has 1 aromatic heterocycles. The van der Waals surface area contributed by atoms with Crippen LogP contribution in [0.2, 0.25) is 0 Å². The molecule has 96 valence electrons. The van der Waals surface area contributed by atoms with E-state index in [-0.39, 0.29) is 0 Å². The van der Waals surface area contributed by atoms with Crippen molar-refractivity contribution in [1.29, 1.82) is 0 Å². The summed E-state index contributed by atoms with van der Waals surface area (Å²) in [6.45, 7) is 2.48. The molecule has 0 spiro atoms. The number of piperazine rings is 1. The fraction of sp³-hybridized carbons (Fsp3) is 0.333. The quantitative estimate of drug-likeness (QED) is 0.842. The maximum absolute atomic E-state index is 12.5. The third-order valence-corrected chi connectivity index (χ3v) is 5.18. The Hall–Kier alpha value is -1.37. The number of fused-ring (bicyclic) bond motifs is 1. The number of hydrogen-bond acceptors (Lipinski definition) is 3. The van der Waals surface area contributed by atoms with Gasteiger partial charge in [-0.2, -0.15) is 4.31 Å². The normalized spacial score (nSPS) is 18.2. The first-order valence-corrected chi connectivity index (χ1v) is 7.40. The molecule has 5 nitrogen and oxygen atoms in total. The molecular weight excluding hydrogens is 250 g/mol. The molecule has 0 unspecified atom stereocenters. The highest BCUT2D eigenvalue weighted by Crippen LogP contribution is 2.25. The van der Waals surface area contributed by atoms with Crippen LogP contribution in [0, 0.1) is 0 Å². The predicted octanol–water partition coefficient (Wildman–Crippen LogP) is 0.762. The monoisotopic (exact) mass is 265 g/mol. The van der Waals surface area contributed by atoms with Crippen molar-refractivity contribution < 1.29 is 8.42 Å². The molecule has 1 aromatic carbocycles. The fourth-order valence-corrected chi connectivity index (χ4v) is 3.89. The van der Waals surface area contributed by atoms with Crippen LogP contribution < -0.4 is 5.32 Å². The topological polar surface area (TPSA) is 65.2 Å². The molecule has 18 heavy (non-hydrogen) atoms. The second-order valence-electron chi connectivity index (χ2n) is 4.35. The molecular formula is C12H15N3O2S. The second-order valence-corrected chi connectivity index (χ2v) is 6.26. The van der Waals surface area contributed by atoms with Gasteiger partial charge in [-0.15, -0.1) is 0 Å². The lowest BCUT2D eigenvalue weighted by molar-refractivity contribution is 0.360. The van der Waals surface area contributed by atoms with E-state index in [4.69, 9.17) is 0 Å². The van der Waals surface area contributed by atoms with Crippen LogP contribution in [0.5, 0.6) is 0 Å². The minimum absolute atomic E-state index is 0.375. The molecule has 2 aromatic rings. The number of para-hydroxylation sites is 1. The number of rotatable bonds is 2. The van der Waals surface area contributed by atoms with E-state index in [1.54, 1.807) is 10.5 Å². The Balaban J connectivity index is 2.07. The van der Waals surface area contributed by atoms with Crippen LogP contribution in [0.15, 0.2) is 35.4 Å². The lowest BCUT2D eigenvalue weighted by atomic mass is 10.2. The van der Waals surface area contributed by atoms with Crippen LogP contribution in [-0.4, -0.2) is 43.9 Å². The van der Waals surface area contributed by atoms with E-state index in [9.17, 15) is 8.42 Å². The number of benzene rings is 1. The highest BCUT2D eigenvalue weighted by Gasteiger charge is 2.27. The van der Waals surface area contributed by atoms with Crippen molar-refractivity contribution in [2.24, 2.45) is 0 Å². The third kappa shape index (κ3) is 1.82. The first-order valence-electron chi connectivity index (χ1n) is 5.96. The second kappa shape index (κ2) is 4.38. The number of sulfonamides is 1.